The van der Waals surface area contributed by atoms with Crippen molar-refractivity contribution in [3.8, 4) is 11.8 Å². The number of ether oxygens (including phenoxy) is 1. The van der Waals surface area contributed by atoms with Crippen molar-refractivity contribution in [3.05, 3.63) is 88.2 Å². The smallest absolute Gasteiger partial charge is 0.337 e. The second-order valence-corrected chi connectivity index (χ2v) is 7.21. The second kappa shape index (κ2) is 9.66. The van der Waals surface area contributed by atoms with Crippen molar-refractivity contribution >= 4 is 29.6 Å². The summed E-state index contributed by atoms with van der Waals surface area (Å²) in [6.45, 7) is 3.73. The molecule has 2 N–H and O–H groups in total. The first-order valence-corrected chi connectivity index (χ1v) is 9.89. The van der Waals surface area contributed by atoms with Gasteiger partial charge in [0.05, 0.1) is 18.2 Å². The Bertz CT molecular complexity index is 1290. The molecule has 3 aromatic rings. The fraction of sp³-hybridized carbons (Fsp3) is 0.120. The van der Waals surface area contributed by atoms with E-state index in [1.165, 1.54) is 37.5 Å². The molecule has 8 nitrogen and oxygen atoms in total. The molecule has 8 heteroatoms. The minimum atomic E-state index is -1.00. The molecule has 33 heavy (non-hydrogen) atoms. The SMILES string of the molecule is COC(=O)c1ccc(NC(=O)/C(C#N)=C\c2cc(C)n(-c3ccc(C(=O)O)cc3)c2C)cc1. The van der Waals surface area contributed by atoms with Gasteiger partial charge in [0.25, 0.3) is 5.91 Å². The van der Waals surface area contributed by atoms with Gasteiger partial charge in [0, 0.05) is 22.8 Å². The largest absolute Gasteiger partial charge is 0.478 e. The van der Waals surface area contributed by atoms with Crippen molar-refractivity contribution in [2.75, 3.05) is 12.4 Å². The van der Waals surface area contributed by atoms with Crippen LogP contribution in [0.2, 0.25) is 0 Å². The van der Waals surface area contributed by atoms with E-state index in [-0.39, 0.29) is 11.1 Å². The maximum absolute atomic E-state index is 12.6. The van der Waals surface area contributed by atoms with Crippen molar-refractivity contribution in [3.63, 3.8) is 0 Å². The van der Waals surface area contributed by atoms with Crippen LogP contribution in [0.4, 0.5) is 5.69 Å². The van der Waals surface area contributed by atoms with Gasteiger partial charge in [0.2, 0.25) is 0 Å². The van der Waals surface area contributed by atoms with Crippen molar-refractivity contribution in [2.45, 2.75) is 13.8 Å². The van der Waals surface area contributed by atoms with Crippen LogP contribution in [-0.4, -0.2) is 34.6 Å². The highest BCUT2D eigenvalue weighted by molar-refractivity contribution is 6.09. The lowest BCUT2D eigenvalue weighted by Gasteiger charge is -2.10. The van der Waals surface area contributed by atoms with Crippen LogP contribution < -0.4 is 5.32 Å². The molecule has 0 spiro atoms. The Balaban J connectivity index is 1.86. The summed E-state index contributed by atoms with van der Waals surface area (Å²) in [5.74, 6) is -2.08. The molecule has 0 fully saturated rings. The van der Waals surface area contributed by atoms with Gasteiger partial charge in [0.1, 0.15) is 11.6 Å². The van der Waals surface area contributed by atoms with Crippen LogP contribution in [-0.2, 0) is 9.53 Å². The topological polar surface area (TPSA) is 121 Å². The number of esters is 1. The summed E-state index contributed by atoms with van der Waals surface area (Å²) in [5, 5.41) is 21.3. The van der Waals surface area contributed by atoms with Gasteiger partial charge in [-0.25, -0.2) is 9.59 Å². The van der Waals surface area contributed by atoms with Gasteiger partial charge in [-0.15, -0.1) is 0 Å². The number of carboxylic acids is 1. The van der Waals surface area contributed by atoms with Crippen LogP contribution in [0.3, 0.4) is 0 Å². The lowest BCUT2D eigenvalue weighted by Crippen LogP contribution is -2.13. The Morgan fingerprint density at radius 2 is 1.64 bits per heavy atom. The first-order valence-electron chi connectivity index (χ1n) is 9.89. The van der Waals surface area contributed by atoms with Gasteiger partial charge in [0.15, 0.2) is 0 Å². The zero-order chi connectivity index (χ0) is 24.1. The van der Waals surface area contributed by atoms with Gasteiger partial charge in [-0.05, 0) is 80.1 Å². The number of rotatable bonds is 6. The van der Waals surface area contributed by atoms with Crippen LogP contribution in [0.25, 0.3) is 11.8 Å². The number of aryl methyl sites for hydroxylation is 1. The zero-order valence-electron chi connectivity index (χ0n) is 18.2. The summed E-state index contributed by atoms with van der Waals surface area (Å²) >= 11 is 0. The summed E-state index contributed by atoms with van der Waals surface area (Å²) in [5.41, 5.74) is 3.97. The van der Waals surface area contributed by atoms with E-state index in [4.69, 9.17) is 5.11 Å². The van der Waals surface area contributed by atoms with Crippen LogP contribution in [0, 0.1) is 25.2 Å². The first kappa shape index (κ1) is 23.0. The molecular formula is C25H21N3O5. The Morgan fingerprint density at radius 3 is 2.18 bits per heavy atom. The first-order chi connectivity index (χ1) is 15.7. The molecule has 0 saturated carbocycles. The number of nitrogens with one attached hydrogen (secondary N) is 1. The van der Waals surface area contributed by atoms with Crippen LogP contribution in [0.5, 0.6) is 0 Å². The average molecular weight is 443 g/mol. The third-order valence-electron chi connectivity index (χ3n) is 5.07. The Morgan fingerprint density at radius 1 is 1.03 bits per heavy atom. The second-order valence-electron chi connectivity index (χ2n) is 7.21. The maximum Gasteiger partial charge on any atom is 0.337 e. The fourth-order valence-corrected chi connectivity index (χ4v) is 3.39. The number of aromatic nitrogens is 1. The standard InChI is InChI=1S/C25H21N3O5/c1-15-12-19(16(2)28(15)22-10-6-17(7-11-22)24(30)31)13-20(14-26)23(29)27-21-8-4-18(5-9-21)25(32)33-3/h4-13H,1-3H3,(H,27,29)(H,30,31)/b20-13-. The number of nitrogens with zero attached hydrogens (tertiary/aromatic N) is 2. The monoisotopic (exact) mass is 443 g/mol. The molecule has 0 saturated heterocycles. The summed E-state index contributed by atoms with van der Waals surface area (Å²) in [6, 6.07) is 16.3. The Labute approximate surface area is 190 Å². The average Bonchev–Trinajstić information content (AvgIpc) is 3.09. The van der Waals surface area contributed by atoms with Gasteiger partial charge >= 0.3 is 11.9 Å². The van der Waals surface area contributed by atoms with Crippen LogP contribution >= 0.6 is 0 Å². The molecule has 0 aliphatic carbocycles. The summed E-state index contributed by atoms with van der Waals surface area (Å²) in [4.78, 5) is 35.3. The van der Waals surface area contributed by atoms with Crippen LogP contribution in [0.15, 0.2) is 60.2 Å². The molecule has 0 radical (unpaired) electrons. The van der Waals surface area contributed by atoms with E-state index >= 15 is 0 Å². The van der Waals surface area contributed by atoms with Gasteiger partial charge < -0.3 is 19.7 Å². The maximum atomic E-state index is 12.6. The molecule has 0 atom stereocenters. The highest BCUT2D eigenvalue weighted by Crippen LogP contribution is 2.23. The number of hydrogen-bond acceptors (Lipinski definition) is 5. The van der Waals surface area contributed by atoms with Crippen molar-refractivity contribution < 1.29 is 24.2 Å². The number of carbonyl (C=O) groups excluding carboxylic acids is 2. The molecule has 1 heterocycles. The zero-order valence-corrected chi connectivity index (χ0v) is 18.2. The van der Waals surface area contributed by atoms with Crippen molar-refractivity contribution in [1.82, 2.24) is 4.57 Å². The Hall–Kier alpha value is -4.64. The van der Waals surface area contributed by atoms with E-state index < -0.39 is 17.8 Å². The number of carboxylic acid groups (broad SMARTS) is 1. The van der Waals surface area contributed by atoms with E-state index in [0.29, 0.717) is 16.8 Å². The summed E-state index contributed by atoms with van der Waals surface area (Å²) < 4.78 is 6.56. The number of anilines is 1. The Kier molecular flexibility index (Phi) is 6.74. The fourth-order valence-electron chi connectivity index (χ4n) is 3.39. The van der Waals surface area contributed by atoms with Gasteiger partial charge in [-0.3, -0.25) is 4.79 Å². The van der Waals surface area contributed by atoms with E-state index in [1.54, 1.807) is 24.3 Å². The lowest BCUT2D eigenvalue weighted by atomic mass is 10.1. The molecule has 3 rings (SSSR count). The third kappa shape index (κ3) is 4.99. The number of aromatic carboxylic acids is 1. The number of amides is 1. The molecular weight excluding hydrogens is 422 g/mol. The van der Waals surface area contributed by atoms with E-state index in [9.17, 15) is 19.6 Å². The van der Waals surface area contributed by atoms with E-state index in [2.05, 4.69) is 10.1 Å². The minimum absolute atomic E-state index is 0.0893. The molecule has 166 valence electrons. The predicted molar refractivity (Wildman–Crippen MR) is 122 cm³/mol. The van der Waals surface area contributed by atoms with Crippen LogP contribution in [0.1, 0.15) is 37.7 Å². The summed E-state index contributed by atoms with van der Waals surface area (Å²) in [6.07, 6.45) is 1.50. The molecule has 0 bridgehead atoms. The lowest BCUT2D eigenvalue weighted by molar-refractivity contribution is -0.112. The quantitative estimate of drug-likeness (QED) is 0.336. The predicted octanol–water partition coefficient (Wildman–Crippen LogP) is 4.12. The van der Waals surface area contributed by atoms with E-state index in [1.807, 2.05) is 30.6 Å². The highest BCUT2D eigenvalue weighted by Gasteiger charge is 2.15. The molecule has 0 aliphatic heterocycles. The normalized spacial score (nSPS) is 10.9. The van der Waals surface area contributed by atoms with Crippen molar-refractivity contribution in [2.24, 2.45) is 0 Å². The molecule has 1 amide bonds. The molecule has 1 aromatic heterocycles. The third-order valence-corrected chi connectivity index (χ3v) is 5.07. The van der Waals surface area contributed by atoms with Gasteiger partial charge in [-0.2, -0.15) is 5.26 Å². The molecule has 0 unspecified atom stereocenters. The number of nitriles is 1. The number of methoxy groups -OCH3 is 1. The molecule has 2 aromatic carbocycles. The van der Waals surface area contributed by atoms with Crippen molar-refractivity contribution in [1.29, 1.82) is 5.26 Å². The number of carbonyl (C=O) groups is 3. The number of benzene rings is 2. The minimum Gasteiger partial charge on any atom is -0.478 e. The summed E-state index contributed by atoms with van der Waals surface area (Å²) in [7, 11) is 1.28. The molecule has 0 aliphatic rings. The van der Waals surface area contributed by atoms with E-state index in [0.717, 1.165) is 17.1 Å². The number of hydrogen-bond donors (Lipinski definition) is 2. The highest BCUT2D eigenvalue weighted by atomic mass is 16.5. The van der Waals surface area contributed by atoms with Gasteiger partial charge in [-0.1, -0.05) is 0 Å².